The highest BCUT2D eigenvalue weighted by Gasteiger charge is 2.17. The fourth-order valence-corrected chi connectivity index (χ4v) is 1.44. The average Bonchev–Trinajstić information content (AvgIpc) is 2.28. The number of carbonyl (C=O) groups excluding carboxylic acids is 1. The van der Waals surface area contributed by atoms with E-state index in [1.54, 1.807) is 25.1 Å². The van der Waals surface area contributed by atoms with Crippen molar-refractivity contribution in [1.29, 1.82) is 0 Å². The van der Waals surface area contributed by atoms with Crippen LogP contribution in [0.15, 0.2) is 36.4 Å². The highest BCUT2D eigenvalue weighted by atomic mass is 19.1. The zero-order chi connectivity index (χ0) is 12.9. The van der Waals surface area contributed by atoms with E-state index in [9.17, 15) is 9.18 Å². The summed E-state index contributed by atoms with van der Waals surface area (Å²) in [6, 6.07) is 6.25. The van der Waals surface area contributed by atoms with Crippen molar-refractivity contribution in [2.45, 2.75) is 26.2 Å². The van der Waals surface area contributed by atoms with Gasteiger partial charge >= 0.3 is 5.97 Å². The summed E-state index contributed by atoms with van der Waals surface area (Å²) in [6.45, 7) is 6.03. The number of allylic oxidation sites excluding steroid dienone is 1. The summed E-state index contributed by atoms with van der Waals surface area (Å²) in [5.74, 6) is -0.624. The maximum Gasteiger partial charge on any atom is 0.330 e. The summed E-state index contributed by atoms with van der Waals surface area (Å²) < 4.78 is 17.6. The first-order valence-electron chi connectivity index (χ1n) is 5.58. The Balaban J connectivity index is 2.80. The molecular formula is C14H17FO2. The molecule has 0 spiro atoms. The molecule has 0 radical (unpaired) electrons. The molecule has 1 aromatic carbocycles. The molecule has 0 fully saturated rings. The molecule has 0 aliphatic heterocycles. The Kier molecular flexibility index (Phi) is 4.44. The third-order valence-electron chi connectivity index (χ3n) is 2.51. The molecule has 92 valence electrons. The molecule has 1 rings (SSSR count). The highest BCUT2D eigenvalue weighted by Crippen LogP contribution is 2.24. The molecule has 0 saturated heterocycles. The van der Waals surface area contributed by atoms with Crippen molar-refractivity contribution in [3.8, 4) is 0 Å². The first-order chi connectivity index (χ1) is 7.95. The second-order valence-electron chi connectivity index (χ2n) is 4.31. The van der Waals surface area contributed by atoms with Crippen LogP contribution in [0.4, 0.5) is 4.39 Å². The molecule has 0 unspecified atom stereocenters. The van der Waals surface area contributed by atoms with Crippen LogP contribution in [0.1, 0.15) is 26.3 Å². The second kappa shape index (κ2) is 5.62. The Morgan fingerprint density at radius 3 is 2.47 bits per heavy atom. The van der Waals surface area contributed by atoms with Gasteiger partial charge in [-0.3, -0.25) is 0 Å². The van der Waals surface area contributed by atoms with E-state index in [0.29, 0.717) is 6.61 Å². The molecule has 0 bridgehead atoms. The van der Waals surface area contributed by atoms with Crippen LogP contribution in [0.2, 0.25) is 0 Å². The molecule has 0 aromatic heterocycles. The number of rotatable bonds is 4. The first kappa shape index (κ1) is 13.4. The average molecular weight is 236 g/mol. The minimum absolute atomic E-state index is 0.265. The third kappa shape index (κ3) is 4.02. The summed E-state index contributed by atoms with van der Waals surface area (Å²) in [6.07, 6.45) is 3.17. The monoisotopic (exact) mass is 236 g/mol. The van der Waals surface area contributed by atoms with E-state index in [1.807, 2.05) is 13.8 Å². The fourth-order valence-electron chi connectivity index (χ4n) is 1.44. The minimum Gasteiger partial charge on any atom is -0.463 e. The van der Waals surface area contributed by atoms with Gasteiger partial charge in [0.1, 0.15) is 5.82 Å². The van der Waals surface area contributed by atoms with Crippen molar-refractivity contribution < 1.29 is 13.9 Å². The predicted octanol–water partition coefficient (Wildman–Crippen LogP) is 3.22. The number of hydrogen-bond donors (Lipinski definition) is 0. The van der Waals surface area contributed by atoms with Gasteiger partial charge in [-0.25, -0.2) is 9.18 Å². The summed E-state index contributed by atoms with van der Waals surface area (Å²) >= 11 is 0. The highest BCUT2D eigenvalue weighted by molar-refractivity contribution is 5.82. The van der Waals surface area contributed by atoms with Gasteiger partial charge in [0.05, 0.1) is 6.61 Å². The van der Waals surface area contributed by atoms with E-state index in [-0.39, 0.29) is 17.2 Å². The molecule has 0 atom stereocenters. The largest absolute Gasteiger partial charge is 0.463 e. The molecule has 0 aliphatic carbocycles. The molecule has 17 heavy (non-hydrogen) atoms. The van der Waals surface area contributed by atoms with Crippen molar-refractivity contribution in [2.24, 2.45) is 0 Å². The summed E-state index contributed by atoms with van der Waals surface area (Å²) in [4.78, 5) is 11.2. The Morgan fingerprint density at radius 2 is 1.94 bits per heavy atom. The lowest BCUT2D eigenvalue weighted by Crippen LogP contribution is -2.14. The number of esters is 1. The van der Waals surface area contributed by atoms with Gasteiger partial charge in [0.2, 0.25) is 0 Å². The van der Waals surface area contributed by atoms with Gasteiger partial charge < -0.3 is 4.74 Å². The van der Waals surface area contributed by atoms with Crippen LogP contribution in [0, 0.1) is 5.82 Å². The lowest BCUT2D eigenvalue weighted by molar-refractivity contribution is -0.137. The van der Waals surface area contributed by atoms with Gasteiger partial charge in [0.25, 0.3) is 0 Å². The van der Waals surface area contributed by atoms with Crippen LogP contribution in [0.5, 0.6) is 0 Å². The van der Waals surface area contributed by atoms with Gasteiger partial charge in [-0.1, -0.05) is 32.1 Å². The quantitative estimate of drug-likeness (QED) is 0.592. The van der Waals surface area contributed by atoms with E-state index in [0.717, 1.165) is 5.56 Å². The third-order valence-corrected chi connectivity index (χ3v) is 2.51. The van der Waals surface area contributed by atoms with Gasteiger partial charge in [-0.2, -0.15) is 0 Å². The van der Waals surface area contributed by atoms with E-state index >= 15 is 0 Å². The topological polar surface area (TPSA) is 26.3 Å². The maximum atomic E-state index is 12.8. The standard InChI is InChI=1S/C14H17FO2/c1-4-17-13(16)9-10-14(2,3)11-5-7-12(15)8-6-11/h5-10H,4H2,1-3H3/b10-9+. The Hall–Kier alpha value is -1.64. The summed E-state index contributed by atoms with van der Waals surface area (Å²) in [7, 11) is 0. The van der Waals surface area contributed by atoms with Crippen molar-refractivity contribution in [1.82, 2.24) is 0 Å². The van der Waals surface area contributed by atoms with Gasteiger partial charge in [0, 0.05) is 11.5 Å². The first-order valence-corrected chi connectivity index (χ1v) is 5.58. The van der Waals surface area contributed by atoms with Crippen LogP contribution in [0.25, 0.3) is 0 Å². The molecular weight excluding hydrogens is 219 g/mol. The molecule has 1 aromatic rings. The minimum atomic E-state index is -0.359. The lowest BCUT2D eigenvalue weighted by Gasteiger charge is -2.20. The van der Waals surface area contributed by atoms with Crippen molar-refractivity contribution >= 4 is 5.97 Å². The summed E-state index contributed by atoms with van der Waals surface area (Å²) in [5.41, 5.74) is 0.611. The summed E-state index contributed by atoms with van der Waals surface area (Å²) in [5, 5.41) is 0. The fraction of sp³-hybridized carbons (Fsp3) is 0.357. The van der Waals surface area contributed by atoms with E-state index in [1.165, 1.54) is 18.2 Å². The maximum absolute atomic E-state index is 12.8. The molecule has 2 nitrogen and oxygen atoms in total. The number of carbonyl (C=O) groups is 1. The number of benzene rings is 1. The van der Waals surface area contributed by atoms with E-state index < -0.39 is 0 Å². The SMILES string of the molecule is CCOC(=O)/C=C/C(C)(C)c1ccc(F)cc1. The molecule has 0 aliphatic rings. The molecule has 0 N–H and O–H groups in total. The molecule has 0 saturated carbocycles. The predicted molar refractivity (Wildman–Crippen MR) is 65.2 cm³/mol. The van der Waals surface area contributed by atoms with Crippen molar-refractivity contribution in [2.75, 3.05) is 6.61 Å². The van der Waals surface area contributed by atoms with Crippen LogP contribution in [0.3, 0.4) is 0 Å². The lowest BCUT2D eigenvalue weighted by atomic mass is 9.84. The van der Waals surface area contributed by atoms with E-state index in [4.69, 9.17) is 4.74 Å². The van der Waals surface area contributed by atoms with E-state index in [2.05, 4.69) is 0 Å². The zero-order valence-electron chi connectivity index (χ0n) is 10.4. The smallest absolute Gasteiger partial charge is 0.330 e. The van der Waals surface area contributed by atoms with Crippen LogP contribution in [-0.2, 0) is 14.9 Å². The Morgan fingerprint density at radius 1 is 1.35 bits per heavy atom. The van der Waals surface area contributed by atoms with Gasteiger partial charge in [0.15, 0.2) is 0 Å². The number of ether oxygens (including phenoxy) is 1. The Bertz CT molecular complexity index is 405. The van der Waals surface area contributed by atoms with Gasteiger partial charge in [-0.15, -0.1) is 0 Å². The van der Waals surface area contributed by atoms with Crippen LogP contribution >= 0.6 is 0 Å². The van der Waals surface area contributed by atoms with Crippen LogP contribution < -0.4 is 0 Å². The number of hydrogen-bond acceptors (Lipinski definition) is 2. The van der Waals surface area contributed by atoms with Gasteiger partial charge in [-0.05, 0) is 24.6 Å². The Labute approximate surface area is 101 Å². The van der Waals surface area contributed by atoms with Crippen molar-refractivity contribution in [3.63, 3.8) is 0 Å². The molecule has 0 heterocycles. The zero-order valence-corrected chi connectivity index (χ0v) is 10.4. The normalized spacial score (nSPS) is 11.8. The number of halogens is 1. The van der Waals surface area contributed by atoms with Crippen molar-refractivity contribution in [3.05, 3.63) is 47.8 Å². The van der Waals surface area contributed by atoms with Crippen LogP contribution in [-0.4, -0.2) is 12.6 Å². The molecule has 0 amide bonds. The molecule has 3 heteroatoms. The second-order valence-corrected chi connectivity index (χ2v) is 4.31.